The molecule has 2 rings (SSSR count). The molecule has 0 radical (unpaired) electrons. The van der Waals surface area contributed by atoms with E-state index >= 15 is 0 Å². The molecule has 1 saturated heterocycles. The molecule has 0 atom stereocenters. The summed E-state index contributed by atoms with van der Waals surface area (Å²) in [5, 5.41) is 3.11. The number of halogens is 2. The van der Waals surface area contributed by atoms with Crippen LogP contribution in [0.15, 0.2) is 27.6 Å². The minimum absolute atomic E-state index is 0. The SMILES string of the molecule is CCOC(=O)c1ccc(S(=O)(=O)N2CCNCC2)c(Br)c1.Cl. The highest BCUT2D eigenvalue weighted by Gasteiger charge is 2.28. The van der Waals surface area contributed by atoms with Gasteiger partial charge in [-0.15, -0.1) is 12.4 Å². The molecule has 1 aliphatic heterocycles. The molecule has 1 aromatic rings. The molecule has 0 amide bonds. The number of hydrogen-bond acceptors (Lipinski definition) is 5. The van der Waals surface area contributed by atoms with Crippen molar-refractivity contribution >= 4 is 44.3 Å². The van der Waals surface area contributed by atoms with Gasteiger partial charge in [0.25, 0.3) is 0 Å². The van der Waals surface area contributed by atoms with Crippen LogP contribution in [0.4, 0.5) is 0 Å². The van der Waals surface area contributed by atoms with Crippen LogP contribution in [-0.2, 0) is 14.8 Å². The number of carbonyl (C=O) groups is 1. The van der Waals surface area contributed by atoms with E-state index in [9.17, 15) is 13.2 Å². The van der Waals surface area contributed by atoms with Crippen LogP contribution in [0, 0.1) is 0 Å². The van der Waals surface area contributed by atoms with Gasteiger partial charge in [-0.3, -0.25) is 0 Å². The molecule has 1 aliphatic rings. The number of sulfonamides is 1. The lowest BCUT2D eigenvalue weighted by Crippen LogP contribution is -2.46. The zero-order valence-corrected chi connectivity index (χ0v) is 15.3. The Bertz CT molecular complexity index is 633. The summed E-state index contributed by atoms with van der Waals surface area (Å²) >= 11 is 3.24. The van der Waals surface area contributed by atoms with Crippen LogP contribution in [0.2, 0.25) is 0 Å². The van der Waals surface area contributed by atoms with Crippen molar-refractivity contribution in [3.63, 3.8) is 0 Å². The van der Waals surface area contributed by atoms with E-state index in [0.29, 0.717) is 36.2 Å². The summed E-state index contributed by atoms with van der Waals surface area (Å²) < 4.78 is 31.8. The van der Waals surface area contributed by atoms with Crippen LogP contribution in [0.1, 0.15) is 17.3 Å². The molecule has 0 bridgehead atoms. The van der Waals surface area contributed by atoms with Crippen molar-refractivity contribution < 1.29 is 17.9 Å². The predicted octanol–water partition coefficient (Wildman–Crippen LogP) is 1.64. The number of nitrogens with zero attached hydrogens (tertiary/aromatic N) is 1. The molecular weight excluding hydrogens is 396 g/mol. The van der Waals surface area contributed by atoms with Crippen LogP contribution in [0.5, 0.6) is 0 Å². The monoisotopic (exact) mass is 412 g/mol. The van der Waals surface area contributed by atoms with Crippen molar-refractivity contribution in [2.24, 2.45) is 0 Å². The van der Waals surface area contributed by atoms with Crippen molar-refractivity contribution in [3.8, 4) is 0 Å². The van der Waals surface area contributed by atoms with Crippen molar-refractivity contribution in [2.75, 3.05) is 32.8 Å². The molecular formula is C13H18BrClN2O4S. The average Bonchev–Trinajstić information content (AvgIpc) is 2.48. The zero-order chi connectivity index (χ0) is 15.5. The van der Waals surface area contributed by atoms with E-state index in [1.54, 1.807) is 6.92 Å². The molecule has 1 N–H and O–H groups in total. The number of benzene rings is 1. The van der Waals surface area contributed by atoms with E-state index in [1.165, 1.54) is 22.5 Å². The van der Waals surface area contributed by atoms with Gasteiger partial charge in [0.15, 0.2) is 0 Å². The van der Waals surface area contributed by atoms with Gasteiger partial charge in [-0.1, -0.05) is 0 Å². The highest BCUT2D eigenvalue weighted by molar-refractivity contribution is 9.10. The minimum Gasteiger partial charge on any atom is -0.462 e. The maximum atomic E-state index is 12.6. The summed E-state index contributed by atoms with van der Waals surface area (Å²) in [4.78, 5) is 11.8. The molecule has 0 spiro atoms. The van der Waals surface area contributed by atoms with Crippen molar-refractivity contribution in [1.29, 1.82) is 0 Å². The number of carbonyl (C=O) groups excluding carboxylic acids is 1. The van der Waals surface area contributed by atoms with Gasteiger partial charge in [-0.05, 0) is 41.1 Å². The number of nitrogens with one attached hydrogen (secondary N) is 1. The third-order valence-electron chi connectivity index (χ3n) is 3.14. The molecule has 0 saturated carbocycles. The van der Waals surface area contributed by atoms with Gasteiger partial charge in [0.2, 0.25) is 10.0 Å². The largest absolute Gasteiger partial charge is 0.462 e. The lowest BCUT2D eigenvalue weighted by molar-refractivity contribution is 0.0526. The summed E-state index contributed by atoms with van der Waals surface area (Å²) in [6.07, 6.45) is 0. The summed E-state index contributed by atoms with van der Waals surface area (Å²) in [5.41, 5.74) is 0.322. The third kappa shape index (κ3) is 4.20. The minimum atomic E-state index is -3.55. The fourth-order valence-electron chi connectivity index (χ4n) is 2.08. The molecule has 22 heavy (non-hydrogen) atoms. The lowest BCUT2D eigenvalue weighted by Gasteiger charge is -2.27. The highest BCUT2D eigenvalue weighted by Crippen LogP contribution is 2.26. The maximum Gasteiger partial charge on any atom is 0.338 e. The first-order valence-electron chi connectivity index (χ1n) is 6.64. The second kappa shape index (κ2) is 8.26. The molecule has 9 heteroatoms. The number of hydrogen-bond donors (Lipinski definition) is 1. The third-order valence-corrected chi connectivity index (χ3v) is 6.01. The van der Waals surface area contributed by atoms with Gasteiger partial charge in [0.1, 0.15) is 0 Å². The van der Waals surface area contributed by atoms with Crippen molar-refractivity contribution in [2.45, 2.75) is 11.8 Å². The second-order valence-electron chi connectivity index (χ2n) is 4.52. The van der Waals surface area contributed by atoms with Crippen LogP contribution in [0.3, 0.4) is 0 Å². The van der Waals surface area contributed by atoms with E-state index in [2.05, 4.69) is 21.2 Å². The standard InChI is InChI=1S/C13H17BrN2O4S.ClH/c1-2-20-13(17)10-3-4-12(11(14)9-10)21(18,19)16-7-5-15-6-8-16;/h3-4,9,15H,2,5-8H2,1H3;1H. The fraction of sp³-hybridized carbons (Fsp3) is 0.462. The fourth-order valence-corrected chi connectivity index (χ4v) is 4.55. The van der Waals surface area contributed by atoms with Crippen LogP contribution in [-0.4, -0.2) is 51.5 Å². The van der Waals surface area contributed by atoms with Crippen LogP contribution in [0.25, 0.3) is 0 Å². The van der Waals surface area contributed by atoms with E-state index < -0.39 is 16.0 Å². The van der Waals surface area contributed by atoms with Gasteiger partial charge in [-0.2, -0.15) is 4.31 Å². The van der Waals surface area contributed by atoms with Crippen molar-refractivity contribution in [3.05, 3.63) is 28.2 Å². The predicted molar refractivity (Wildman–Crippen MR) is 89.0 cm³/mol. The Morgan fingerprint density at radius 1 is 1.36 bits per heavy atom. The Labute approximate surface area is 144 Å². The van der Waals surface area contributed by atoms with Gasteiger partial charge >= 0.3 is 5.97 Å². The Kier molecular flexibility index (Phi) is 7.27. The first-order chi connectivity index (χ1) is 9.96. The van der Waals surface area contributed by atoms with E-state index in [1.807, 2.05) is 0 Å². The van der Waals surface area contributed by atoms with Crippen LogP contribution < -0.4 is 5.32 Å². The summed E-state index contributed by atoms with van der Waals surface area (Å²) in [5.74, 6) is -0.468. The Morgan fingerprint density at radius 3 is 2.55 bits per heavy atom. The number of rotatable bonds is 4. The molecule has 6 nitrogen and oxygen atoms in total. The van der Waals surface area contributed by atoms with Crippen LogP contribution >= 0.6 is 28.3 Å². The van der Waals surface area contributed by atoms with E-state index in [-0.39, 0.29) is 23.9 Å². The molecule has 0 aromatic heterocycles. The molecule has 1 heterocycles. The normalized spacial score (nSPS) is 15.9. The van der Waals surface area contributed by atoms with Gasteiger partial charge in [-0.25, -0.2) is 13.2 Å². The summed E-state index contributed by atoms with van der Waals surface area (Å²) in [7, 11) is -3.55. The Morgan fingerprint density at radius 2 is 2.00 bits per heavy atom. The Hall–Kier alpha value is -0.670. The van der Waals surface area contributed by atoms with Gasteiger partial charge in [0.05, 0.1) is 17.1 Å². The molecule has 124 valence electrons. The van der Waals surface area contributed by atoms with E-state index in [4.69, 9.17) is 4.74 Å². The maximum absolute atomic E-state index is 12.6. The molecule has 0 aliphatic carbocycles. The highest BCUT2D eigenvalue weighted by atomic mass is 79.9. The van der Waals surface area contributed by atoms with Crippen molar-refractivity contribution in [1.82, 2.24) is 9.62 Å². The number of esters is 1. The average molecular weight is 414 g/mol. The second-order valence-corrected chi connectivity index (χ2v) is 7.28. The molecule has 0 unspecified atom stereocenters. The van der Waals surface area contributed by atoms with Gasteiger partial charge in [0, 0.05) is 30.7 Å². The summed E-state index contributed by atoms with van der Waals surface area (Å²) in [6.45, 7) is 4.14. The Balaban J connectivity index is 0.00000242. The topological polar surface area (TPSA) is 75.7 Å². The van der Waals surface area contributed by atoms with E-state index in [0.717, 1.165) is 0 Å². The summed E-state index contributed by atoms with van der Waals surface area (Å²) in [6, 6.07) is 4.39. The number of piperazine rings is 1. The quantitative estimate of drug-likeness (QED) is 0.760. The first-order valence-corrected chi connectivity index (χ1v) is 8.87. The lowest BCUT2D eigenvalue weighted by atomic mass is 10.2. The number of ether oxygens (including phenoxy) is 1. The molecule has 1 fully saturated rings. The first kappa shape index (κ1) is 19.4. The zero-order valence-electron chi connectivity index (χ0n) is 12.0. The van der Waals surface area contributed by atoms with Gasteiger partial charge < -0.3 is 10.1 Å². The smallest absolute Gasteiger partial charge is 0.338 e. The molecule has 1 aromatic carbocycles.